The predicted octanol–water partition coefficient (Wildman–Crippen LogP) is 4.07. The first kappa shape index (κ1) is 19.9. The van der Waals surface area contributed by atoms with E-state index in [1.165, 1.54) is 18.4 Å². The van der Waals surface area contributed by atoms with E-state index >= 15 is 0 Å². The Morgan fingerprint density at radius 3 is 2.86 bits per heavy atom. The average molecular weight is 414 g/mol. The fourth-order valence-electron chi connectivity index (χ4n) is 4.71. The maximum Gasteiger partial charge on any atom is 0.309 e. The molecule has 1 aliphatic rings. The average Bonchev–Trinajstić information content (AvgIpc) is 3.28. The van der Waals surface area contributed by atoms with Crippen molar-refractivity contribution < 1.29 is 14.6 Å². The number of anilines is 1. The first-order valence-electron chi connectivity index (χ1n) is 9.76. The number of esters is 1. The van der Waals surface area contributed by atoms with Crippen molar-refractivity contribution in [1.82, 2.24) is 9.55 Å². The second-order valence-electron chi connectivity index (χ2n) is 8.77. The first-order valence-corrected chi connectivity index (χ1v) is 10.6. The molecule has 7 heteroatoms. The molecule has 2 aromatic heterocycles. The van der Waals surface area contributed by atoms with Gasteiger partial charge in [0.15, 0.2) is 0 Å². The molecular formula is C22H27N3O3S. The van der Waals surface area contributed by atoms with Gasteiger partial charge in [0.2, 0.25) is 0 Å². The van der Waals surface area contributed by atoms with E-state index in [2.05, 4.69) is 11.1 Å². The number of aliphatic hydroxyl groups is 1. The Morgan fingerprint density at radius 1 is 1.41 bits per heavy atom. The zero-order valence-electron chi connectivity index (χ0n) is 17.2. The Labute approximate surface area is 174 Å². The van der Waals surface area contributed by atoms with Gasteiger partial charge in [-0.05, 0) is 42.9 Å². The van der Waals surface area contributed by atoms with Gasteiger partial charge < -0.3 is 20.1 Å². The fourth-order valence-corrected chi connectivity index (χ4v) is 5.77. The van der Waals surface area contributed by atoms with Gasteiger partial charge in [0, 0.05) is 36.1 Å². The number of aromatic nitrogens is 2. The lowest BCUT2D eigenvalue weighted by molar-refractivity contribution is -0.157. The van der Waals surface area contributed by atoms with Crippen LogP contribution >= 0.6 is 11.3 Å². The summed E-state index contributed by atoms with van der Waals surface area (Å²) in [5.74, 6) is -0.423. The van der Waals surface area contributed by atoms with E-state index in [0.29, 0.717) is 30.0 Å². The monoisotopic (exact) mass is 413 g/mol. The molecule has 1 saturated carbocycles. The number of carbonyl (C=O) groups excluding carboxylic acids is 1. The molecule has 3 N–H and O–H groups in total. The highest BCUT2D eigenvalue weighted by Gasteiger charge is 2.49. The normalized spacial score (nSPS) is 24.0. The van der Waals surface area contributed by atoms with Crippen LogP contribution in [0.3, 0.4) is 0 Å². The van der Waals surface area contributed by atoms with Crippen LogP contribution in [0.15, 0.2) is 30.6 Å². The molecule has 0 bridgehead atoms. The summed E-state index contributed by atoms with van der Waals surface area (Å²) in [5, 5.41) is 13.2. The lowest BCUT2D eigenvalue weighted by Crippen LogP contribution is -2.45. The van der Waals surface area contributed by atoms with Crippen LogP contribution in [0.5, 0.6) is 0 Å². The summed E-state index contributed by atoms with van der Waals surface area (Å²) < 4.78 is 7.01. The van der Waals surface area contributed by atoms with Gasteiger partial charge >= 0.3 is 5.97 Å². The third kappa shape index (κ3) is 3.32. The van der Waals surface area contributed by atoms with Gasteiger partial charge in [-0.2, -0.15) is 0 Å². The van der Waals surface area contributed by atoms with Gasteiger partial charge in [-0.3, -0.25) is 4.79 Å². The number of fused-ring (bicyclic) bond motifs is 1. The van der Waals surface area contributed by atoms with Crippen LogP contribution in [0.25, 0.3) is 21.3 Å². The van der Waals surface area contributed by atoms with Crippen molar-refractivity contribution in [3.63, 3.8) is 0 Å². The van der Waals surface area contributed by atoms with Crippen molar-refractivity contribution in [3.05, 3.63) is 35.6 Å². The van der Waals surface area contributed by atoms with Crippen molar-refractivity contribution in [2.75, 3.05) is 12.8 Å². The molecule has 2 unspecified atom stereocenters. The molecule has 1 aliphatic carbocycles. The highest BCUT2D eigenvalue weighted by molar-refractivity contribution is 7.15. The van der Waals surface area contributed by atoms with Crippen molar-refractivity contribution >= 4 is 33.9 Å². The largest absolute Gasteiger partial charge is 0.469 e. The fraction of sp³-hybridized carbons (Fsp3) is 0.455. The van der Waals surface area contributed by atoms with E-state index < -0.39 is 5.60 Å². The van der Waals surface area contributed by atoms with Gasteiger partial charge in [-0.25, -0.2) is 4.98 Å². The molecule has 0 amide bonds. The van der Waals surface area contributed by atoms with Gasteiger partial charge in [0.25, 0.3) is 0 Å². The number of nitrogens with zero attached hydrogens (tertiary/aromatic N) is 2. The molecule has 6 nitrogen and oxygen atoms in total. The summed E-state index contributed by atoms with van der Waals surface area (Å²) in [4.78, 5) is 17.7. The lowest BCUT2D eigenvalue weighted by atomic mass is 9.63. The number of hydrogen-bond acceptors (Lipinski definition) is 6. The Morgan fingerprint density at radius 2 is 2.17 bits per heavy atom. The quantitative estimate of drug-likeness (QED) is 0.499. The first-order chi connectivity index (χ1) is 13.6. The Bertz CT molecular complexity index is 1080. The molecule has 1 aromatic carbocycles. The minimum Gasteiger partial charge on any atom is -0.469 e. The van der Waals surface area contributed by atoms with Crippen molar-refractivity contribution in [2.45, 2.75) is 38.7 Å². The Hall–Kier alpha value is -2.38. The summed E-state index contributed by atoms with van der Waals surface area (Å²) in [6, 6.07) is 6.00. The summed E-state index contributed by atoms with van der Waals surface area (Å²) in [5.41, 5.74) is 7.49. The number of carbonyl (C=O) groups is 1. The van der Waals surface area contributed by atoms with E-state index in [1.54, 1.807) is 0 Å². The van der Waals surface area contributed by atoms with Crippen molar-refractivity contribution in [3.8, 4) is 10.4 Å². The van der Waals surface area contributed by atoms with Crippen LogP contribution in [-0.4, -0.2) is 27.7 Å². The zero-order chi connectivity index (χ0) is 21.0. The maximum atomic E-state index is 12.1. The maximum absolute atomic E-state index is 12.1. The van der Waals surface area contributed by atoms with Crippen molar-refractivity contribution in [1.29, 1.82) is 0 Å². The second-order valence-corrected chi connectivity index (χ2v) is 9.80. The Balaban J connectivity index is 1.69. The van der Waals surface area contributed by atoms with E-state index in [4.69, 9.17) is 10.5 Å². The van der Waals surface area contributed by atoms with Crippen LogP contribution in [0.2, 0.25) is 0 Å². The van der Waals surface area contributed by atoms with E-state index in [0.717, 1.165) is 21.3 Å². The topological polar surface area (TPSA) is 90.4 Å². The molecule has 1 fully saturated rings. The van der Waals surface area contributed by atoms with Gasteiger partial charge in [0.1, 0.15) is 10.6 Å². The molecule has 2 atom stereocenters. The number of hydrogen-bond donors (Lipinski definition) is 2. The zero-order valence-corrected chi connectivity index (χ0v) is 18.0. The summed E-state index contributed by atoms with van der Waals surface area (Å²) in [6.45, 7) is 4.03. The number of thiazole rings is 1. The standard InChI is InChI=1S/C22H27N3O3S/c1-21(2)12-22(27,7-5-16(21)19(26)28-4)20-24-11-18(29-20)15-9-13(23)10-17-14(15)6-8-25(17)3/h6,8-11,16,27H,5,7,12,23H2,1-4H3. The summed E-state index contributed by atoms with van der Waals surface area (Å²) >= 11 is 1.50. The molecule has 29 heavy (non-hydrogen) atoms. The molecule has 0 radical (unpaired) electrons. The van der Waals surface area contributed by atoms with Crippen LogP contribution < -0.4 is 5.73 Å². The molecule has 0 saturated heterocycles. The smallest absolute Gasteiger partial charge is 0.309 e. The van der Waals surface area contributed by atoms with Crippen molar-refractivity contribution in [2.24, 2.45) is 18.4 Å². The van der Waals surface area contributed by atoms with E-state index in [-0.39, 0.29) is 17.3 Å². The van der Waals surface area contributed by atoms with E-state index in [1.807, 2.05) is 50.0 Å². The molecule has 3 aromatic rings. The highest BCUT2D eigenvalue weighted by atomic mass is 32.1. The summed E-state index contributed by atoms with van der Waals surface area (Å²) in [6.07, 6.45) is 5.36. The third-order valence-electron chi connectivity index (χ3n) is 6.22. The number of benzene rings is 1. The predicted molar refractivity (Wildman–Crippen MR) is 115 cm³/mol. The van der Waals surface area contributed by atoms with Gasteiger partial charge in [0.05, 0.1) is 23.4 Å². The molecule has 0 spiro atoms. The van der Waals surface area contributed by atoms with E-state index in [9.17, 15) is 9.90 Å². The number of nitrogens with two attached hydrogens (primary N) is 1. The van der Waals surface area contributed by atoms with Crippen LogP contribution in [-0.2, 0) is 22.2 Å². The number of aryl methyl sites for hydroxylation is 1. The molecule has 4 rings (SSSR count). The number of ether oxygens (including phenoxy) is 1. The third-order valence-corrected chi connectivity index (χ3v) is 7.44. The van der Waals surface area contributed by atoms with Gasteiger partial charge in [-0.15, -0.1) is 11.3 Å². The van der Waals surface area contributed by atoms with Crippen LogP contribution in [0, 0.1) is 11.3 Å². The minimum atomic E-state index is -1.05. The minimum absolute atomic E-state index is 0.205. The van der Waals surface area contributed by atoms with Crippen LogP contribution in [0.4, 0.5) is 5.69 Å². The number of methoxy groups -OCH3 is 1. The SMILES string of the molecule is COC(=O)C1CCC(O)(c2ncc(-c3cc(N)cc4c3ccn4C)s2)CC1(C)C. The van der Waals surface area contributed by atoms with Crippen LogP contribution in [0.1, 0.15) is 38.1 Å². The number of nitrogen functional groups attached to an aromatic ring is 1. The van der Waals surface area contributed by atoms with Gasteiger partial charge in [-0.1, -0.05) is 13.8 Å². The number of rotatable bonds is 3. The molecule has 0 aliphatic heterocycles. The second kappa shape index (κ2) is 6.85. The highest BCUT2D eigenvalue weighted by Crippen LogP contribution is 2.51. The molecular weight excluding hydrogens is 386 g/mol. The Kier molecular flexibility index (Phi) is 4.70. The molecule has 154 valence electrons. The summed E-state index contributed by atoms with van der Waals surface area (Å²) in [7, 11) is 3.41. The molecule has 2 heterocycles. The lowest BCUT2D eigenvalue weighted by Gasteiger charge is -2.44.